The third kappa shape index (κ3) is 7.39. The summed E-state index contributed by atoms with van der Waals surface area (Å²) < 4.78 is 0. The topological polar surface area (TPSA) is 40.5 Å². The van der Waals surface area contributed by atoms with E-state index in [1.807, 2.05) is 60.7 Å². The van der Waals surface area contributed by atoms with Crippen LogP contribution in [0.3, 0.4) is 0 Å². The molecule has 46 heavy (non-hydrogen) atoms. The minimum absolute atomic E-state index is 0. The molecule has 6 unspecified atom stereocenters. The molecule has 4 aromatic rings. The average Bonchev–Trinajstić information content (AvgIpc) is 3.58. The molecule has 2 aliphatic rings. The van der Waals surface area contributed by atoms with Crippen LogP contribution < -0.4 is 0 Å². The van der Waals surface area contributed by atoms with Gasteiger partial charge in [0.15, 0.2) is 0 Å². The minimum atomic E-state index is -1.20. The zero-order valence-corrected chi connectivity index (χ0v) is 33.6. The van der Waals surface area contributed by atoms with Crippen LogP contribution in [-0.2, 0) is 26.2 Å². The van der Waals surface area contributed by atoms with Crippen LogP contribution in [0.15, 0.2) is 72.8 Å². The molecule has 0 saturated heterocycles. The molecule has 2 aliphatic carbocycles. The first kappa shape index (κ1) is 36.9. The van der Waals surface area contributed by atoms with E-state index in [2.05, 4.69) is 68.5 Å². The van der Waals surface area contributed by atoms with Gasteiger partial charge in [-0.2, -0.15) is 0 Å². The summed E-state index contributed by atoms with van der Waals surface area (Å²) in [6.45, 7) is 25.5. The van der Waals surface area contributed by atoms with Gasteiger partial charge in [0.05, 0.1) is 8.07 Å². The van der Waals surface area contributed by atoms with Gasteiger partial charge >= 0.3 is 26.2 Å². The molecule has 0 aliphatic heterocycles. The summed E-state index contributed by atoms with van der Waals surface area (Å²) in [6, 6.07) is 22.9. The molecule has 0 bridgehead atoms. The van der Waals surface area contributed by atoms with Crippen LogP contribution in [0.1, 0.15) is 81.1 Å². The number of aromatic hydroxyl groups is 2. The summed E-state index contributed by atoms with van der Waals surface area (Å²) in [4.78, 5) is 0. The molecule has 4 heteroatoms. The Kier molecular flexibility index (Phi) is 11.2. The molecule has 6 atom stereocenters. The molecule has 2 nitrogen and oxygen atoms in total. The quantitative estimate of drug-likeness (QED) is 0.208. The van der Waals surface area contributed by atoms with Crippen LogP contribution in [0.4, 0.5) is 0 Å². The number of hydrogen-bond acceptors (Lipinski definition) is 2. The molecule has 0 heterocycles. The van der Waals surface area contributed by atoms with Crippen molar-refractivity contribution in [1.29, 1.82) is 0 Å². The van der Waals surface area contributed by atoms with Crippen molar-refractivity contribution in [3.63, 3.8) is 0 Å². The van der Waals surface area contributed by atoms with E-state index in [1.165, 1.54) is 25.7 Å². The van der Waals surface area contributed by atoms with Crippen molar-refractivity contribution in [2.24, 2.45) is 34.5 Å². The Morgan fingerprint density at radius 3 is 1.22 bits per heavy atom. The standard InChI is InChI=1S/C22H44Si.C20H14O2.Zr/c1-15-11-17(21(3,4)5)13-19(15)23(9,10)20-14-18(12-16(20)2)22(6,7)8;21-17-11-9-13-5-1-3-7-15(13)19(17)20-16-8-4-2-6-14(16)10-12-18(20)22;/h15-20H,11-14H2,1-10H3;1-12,21-22H;/q;;+2. The monoisotopic (exact) mass is 712 g/mol. The molecular weight excluding hydrogens is 656 g/mol. The van der Waals surface area contributed by atoms with Crippen molar-refractivity contribution >= 4 is 29.6 Å². The Hall–Kier alpha value is -1.90. The van der Waals surface area contributed by atoms with E-state index in [0.717, 1.165) is 56.3 Å². The maximum absolute atomic E-state index is 10.4. The van der Waals surface area contributed by atoms with Crippen LogP contribution in [-0.4, -0.2) is 18.3 Å². The van der Waals surface area contributed by atoms with Crippen molar-refractivity contribution in [3.8, 4) is 22.6 Å². The molecule has 244 valence electrons. The van der Waals surface area contributed by atoms with Gasteiger partial charge in [0.25, 0.3) is 0 Å². The number of phenolic OH excluding ortho intramolecular Hbond substituents is 2. The van der Waals surface area contributed by atoms with Crippen molar-refractivity contribution < 1.29 is 36.4 Å². The van der Waals surface area contributed by atoms with Gasteiger partial charge in [-0.15, -0.1) is 0 Å². The van der Waals surface area contributed by atoms with Crippen molar-refractivity contribution in [2.45, 2.75) is 105 Å². The van der Waals surface area contributed by atoms with Crippen molar-refractivity contribution in [2.75, 3.05) is 0 Å². The van der Waals surface area contributed by atoms with Crippen molar-refractivity contribution in [1.82, 2.24) is 0 Å². The van der Waals surface area contributed by atoms with Crippen LogP contribution >= 0.6 is 0 Å². The Balaban J connectivity index is 0.000000204. The smallest absolute Gasteiger partial charge is 0.507 e. The number of fused-ring (bicyclic) bond motifs is 2. The van der Waals surface area contributed by atoms with Crippen LogP contribution in [0.2, 0.25) is 24.2 Å². The number of phenols is 2. The summed E-state index contributed by atoms with van der Waals surface area (Å²) in [5, 5.41) is 24.8. The second kappa shape index (κ2) is 13.9. The zero-order chi connectivity index (χ0) is 32.9. The van der Waals surface area contributed by atoms with Crippen LogP contribution in [0, 0.1) is 34.5 Å². The Labute approximate surface area is 299 Å². The summed E-state index contributed by atoms with van der Waals surface area (Å²) in [5.41, 5.74) is 4.46. The predicted molar refractivity (Wildman–Crippen MR) is 198 cm³/mol. The third-order valence-electron chi connectivity index (χ3n) is 12.2. The summed E-state index contributed by atoms with van der Waals surface area (Å²) in [6.07, 6.45) is 6.00. The van der Waals surface area contributed by atoms with E-state index in [0.29, 0.717) is 22.0 Å². The molecule has 0 radical (unpaired) electrons. The largest absolute Gasteiger partial charge is 2.00 e. The molecular formula is C42H58O2SiZr+2. The van der Waals surface area contributed by atoms with E-state index < -0.39 is 8.07 Å². The first-order valence-electron chi connectivity index (χ1n) is 17.4. The predicted octanol–water partition coefficient (Wildman–Crippen LogP) is 12.7. The molecule has 2 N–H and O–H groups in total. The molecule has 2 fully saturated rings. The summed E-state index contributed by atoms with van der Waals surface area (Å²) in [5.74, 6) is 4.16. The molecule has 0 spiro atoms. The molecule has 6 rings (SSSR count). The molecule has 0 aromatic heterocycles. The molecule has 0 amide bonds. The fourth-order valence-corrected chi connectivity index (χ4v) is 14.8. The Morgan fingerprint density at radius 2 is 0.891 bits per heavy atom. The number of rotatable bonds is 3. The minimum Gasteiger partial charge on any atom is -0.507 e. The number of benzene rings is 4. The second-order valence-electron chi connectivity index (χ2n) is 17.4. The Morgan fingerprint density at radius 1 is 0.543 bits per heavy atom. The summed E-state index contributed by atoms with van der Waals surface area (Å²) >= 11 is 0. The maximum atomic E-state index is 10.4. The van der Waals surface area contributed by atoms with Gasteiger partial charge in [-0.1, -0.05) is 129 Å². The third-order valence-corrected chi connectivity index (χ3v) is 17.6. The van der Waals surface area contributed by atoms with Crippen molar-refractivity contribution in [3.05, 3.63) is 72.8 Å². The maximum Gasteiger partial charge on any atom is 2.00 e. The normalized spacial score (nSPS) is 25.3. The molecule has 4 aromatic carbocycles. The van der Waals surface area contributed by atoms with Crippen LogP contribution in [0.25, 0.3) is 32.7 Å². The van der Waals surface area contributed by atoms with Gasteiger partial charge in [-0.3, -0.25) is 0 Å². The Bertz CT molecular complexity index is 1520. The van der Waals surface area contributed by atoms with Gasteiger partial charge in [0, 0.05) is 11.1 Å². The van der Waals surface area contributed by atoms with Gasteiger partial charge in [-0.05, 0) is 105 Å². The van der Waals surface area contributed by atoms with E-state index >= 15 is 0 Å². The van der Waals surface area contributed by atoms with Gasteiger partial charge in [0.2, 0.25) is 0 Å². The van der Waals surface area contributed by atoms with Crippen LogP contribution in [0.5, 0.6) is 11.5 Å². The first-order valence-corrected chi connectivity index (χ1v) is 20.6. The zero-order valence-electron chi connectivity index (χ0n) is 30.1. The molecule has 2 saturated carbocycles. The summed E-state index contributed by atoms with van der Waals surface area (Å²) in [7, 11) is -1.20. The van der Waals surface area contributed by atoms with E-state index in [9.17, 15) is 10.2 Å². The SMILES string of the molecule is CC1CC(C(C)(C)C)CC1[Si](C)(C)C1CC(C(C)(C)C)CC1C.Oc1ccc2ccccc2c1-c1c(O)ccc2ccccc12.[Zr+2]. The van der Waals surface area contributed by atoms with Gasteiger partial charge in [0.1, 0.15) is 11.5 Å². The fraction of sp³-hybridized carbons (Fsp3) is 0.524. The van der Waals surface area contributed by atoms with E-state index in [1.54, 1.807) is 12.1 Å². The average molecular weight is 714 g/mol. The fourth-order valence-electron chi connectivity index (χ4n) is 9.31. The van der Waals surface area contributed by atoms with Gasteiger partial charge < -0.3 is 10.2 Å². The second-order valence-corrected chi connectivity index (χ2v) is 22.5. The number of hydrogen-bond donors (Lipinski definition) is 2. The first-order chi connectivity index (χ1) is 21.0. The van der Waals surface area contributed by atoms with E-state index in [-0.39, 0.29) is 37.7 Å². The van der Waals surface area contributed by atoms with E-state index in [4.69, 9.17) is 0 Å². The van der Waals surface area contributed by atoms with Gasteiger partial charge in [-0.25, -0.2) is 0 Å².